The average molecular weight is 154 g/mol. The van der Waals surface area contributed by atoms with Crippen LogP contribution >= 0.6 is 0 Å². The first-order valence-electron chi connectivity index (χ1n) is 3.20. The Balaban J connectivity index is 2.66. The molecule has 0 bridgehead atoms. The molecule has 0 spiro atoms. The van der Waals surface area contributed by atoms with E-state index in [1.807, 2.05) is 0 Å². The number of aromatic nitrogens is 2. The lowest BCUT2D eigenvalue weighted by Crippen LogP contribution is -1.95. The molecule has 0 fully saturated rings. The molecular formula is C7H10N2O2. The third-order valence-corrected chi connectivity index (χ3v) is 1.18. The molecule has 0 radical (unpaired) electrons. The fourth-order valence-electron chi connectivity index (χ4n) is 0.671. The van der Waals surface area contributed by atoms with Crippen molar-refractivity contribution in [2.45, 2.75) is 6.61 Å². The van der Waals surface area contributed by atoms with E-state index in [4.69, 9.17) is 9.47 Å². The van der Waals surface area contributed by atoms with Crippen molar-refractivity contribution in [2.75, 3.05) is 14.2 Å². The number of methoxy groups -OCH3 is 2. The maximum atomic E-state index is 4.86. The van der Waals surface area contributed by atoms with E-state index in [1.165, 1.54) is 0 Å². The summed E-state index contributed by atoms with van der Waals surface area (Å²) >= 11 is 0. The zero-order valence-corrected chi connectivity index (χ0v) is 6.57. The molecule has 1 aromatic heterocycles. The SMILES string of the molecule is COCc1cnc(OC)cn1. The summed E-state index contributed by atoms with van der Waals surface area (Å²) in [5.41, 5.74) is 0.799. The Morgan fingerprint density at radius 1 is 1.27 bits per heavy atom. The lowest BCUT2D eigenvalue weighted by Gasteiger charge is -1.99. The topological polar surface area (TPSA) is 44.2 Å². The fraction of sp³-hybridized carbons (Fsp3) is 0.429. The Bertz CT molecular complexity index is 210. The number of hydrogen-bond donors (Lipinski definition) is 0. The second-order valence-corrected chi connectivity index (χ2v) is 1.98. The van der Waals surface area contributed by atoms with Crippen LogP contribution in [0, 0.1) is 0 Å². The summed E-state index contributed by atoms with van der Waals surface area (Å²) in [7, 11) is 3.17. The van der Waals surface area contributed by atoms with E-state index >= 15 is 0 Å². The molecule has 0 atom stereocenters. The highest BCUT2D eigenvalue weighted by molar-refractivity contribution is 5.06. The molecule has 1 rings (SSSR count). The van der Waals surface area contributed by atoms with E-state index in [0.29, 0.717) is 12.5 Å². The van der Waals surface area contributed by atoms with Crippen molar-refractivity contribution < 1.29 is 9.47 Å². The Kier molecular flexibility index (Phi) is 2.80. The molecule has 11 heavy (non-hydrogen) atoms. The molecule has 0 saturated carbocycles. The molecule has 1 heterocycles. The zero-order chi connectivity index (χ0) is 8.10. The van der Waals surface area contributed by atoms with Crippen molar-refractivity contribution in [3.8, 4) is 5.88 Å². The van der Waals surface area contributed by atoms with Gasteiger partial charge in [0.1, 0.15) is 0 Å². The van der Waals surface area contributed by atoms with Gasteiger partial charge in [-0.25, -0.2) is 4.98 Å². The number of nitrogens with zero attached hydrogens (tertiary/aromatic N) is 2. The lowest BCUT2D eigenvalue weighted by atomic mass is 10.5. The van der Waals surface area contributed by atoms with Crippen LogP contribution < -0.4 is 4.74 Å². The maximum absolute atomic E-state index is 4.86. The van der Waals surface area contributed by atoms with Crippen LogP contribution in [-0.2, 0) is 11.3 Å². The summed E-state index contributed by atoms with van der Waals surface area (Å²) in [6.45, 7) is 0.483. The molecule has 0 unspecified atom stereocenters. The van der Waals surface area contributed by atoms with Gasteiger partial charge < -0.3 is 9.47 Å². The summed E-state index contributed by atoms with van der Waals surface area (Å²) in [5, 5.41) is 0. The van der Waals surface area contributed by atoms with Crippen LogP contribution in [0.5, 0.6) is 5.88 Å². The Hall–Kier alpha value is -1.16. The van der Waals surface area contributed by atoms with Gasteiger partial charge in [-0.3, -0.25) is 4.98 Å². The second-order valence-electron chi connectivity index (χ2n) is 1.98. The normalized spacial score (nSPS) is 9.64. The van der Waals surface area contributed by atoms with Crippen molar-refractivity contribution in [1.29, 1.82) is 0 Å². The van der Waals surface area contributed by atoms with Gasteiger partial charge in [0.2, 0.25) is 5.88 Å². The van der Waals surface area contributed by atoms with Crippen LogP contribution in [-0.4, -0.2) is 24.2 Å². The first-order valence-corrected chi connectivity index (χ1v) is 3.20. The lowest BCUT2D eigenvalue weighted by molar-refractivity contribution is 0.181. The summed E-state index contributed by atoms with van der Waals surface area (Å²) in [4.78, 5) is 7.98. The van der Waals surface area contributed by atoms with Gasteiger partial charge in [0.15, 0.2) is 0 Å². The standard InChI is InChI=1S/C7H10N2O2/c1-10-5-6-3-9-7(11-2)4-8-6/h3-4H,5H2,1-2H3. The molecular weight excluding hydrogens is 144 g/mol. The van der Waals surface area contributed by atoms with Gasteiger partial charge in [0.05, 0.1) is 31.8 Å². The third-order valence-electron chi connectivity index (χ3n) is 1.18. The highest BCUT2D eigenvalue weighted by Crippen LogP contribution is 2.02. The molecule has 4 nitrogen and oxygen atoms in total. The minimum Gasteiger partial charge on any atom is -0.480 e. The zero-order valence-electron chi connectivity index (χ0n) is 6.57. The predicted molar refractivity (Wildman–Crippen MR) is 39.3 cm³/mol. The first-order chi connectivity index (χ1) is 5.36. The van der Waals surface area contributed by atoms with E-state index in [0.717, 1.165) is 5.69 Å². The van der Waals surface area contributed by atoms with Crippen LogP contribution in [0.2, 0.25) is 0 Å². The molecule has 0 aliphatic heterocycles. The summed E-state index contributed by atoms with van der Waals surface area (Å²) in [5.74, 6) is 0.518. The fourth-order valence-corrected chi connectivity index (χ4v) is 0.671. The summed E-state index contributed by atoms with van der Waals surface area (Å²) in [6, 6.07) is 0. The van der Waals surface area contributed by atoms with Gasteiger partial charge in [-0.1, -0.05) is 0 Å². The van der Waals surface area contributed by atoms with Crippen LogP contribution in [0.3, 0.4) is 0 Å². The molecule has 1 aromatic rings. The van der Waals surface area contributed by atoms with Crippen LogP contribution in [0.4, 0.5) is 0 Å². The number of rotatable bonds is 3. The molecule has 60 valence electrons. The number of ether oxygens (including phenoxy) is 2. The molecule has 0 aromatic carbocycles. The van der Waals surface area contributed by atoms with Crippen LogP contribution in [0.15, 0.2) is 12.4 Å². The first kappa shape index (κ1) is 7.94. The van der Waals surface area contributed by atoms with Gasteiger partial charge in [-0.2, -0.15) is 0 Å². The van der Waals surface area contributed by atoms with Gasteiger partial charge in [-0.05, 0) is 0 Å². The highest BCUT2D eigenvalue weighted by atomic mass is 16.5. The monoisotopic (exact) mass is 154 g/mol. The van der Waals surface area contributed by atoms with E-state index in [1.54, 1.807) is 26.6 Å². The van der Waals surface area contributed by atoms with Gasteiger partial charge >= 0.3 is 0 Å². The van der Waals surface area contributed by atoms with E-state index in [2.05, 4.69) is 9.97 Å². The summed E-state index contributed by atoms with van der Waals surface area (Å²) in [6.07, 6.45) is 3.19. The highest BCUT2D eigenvalue weighted by Gasteiger charge is 1.94. The van der Waals surface area contributed by atoms with Crippen molar-refractivity contribution in [2.24, 2.45) is 0 Å². The molecule has 0 amide bonds. The molecule has 0 aliphatic carbocycles. The molecule has 4 heteroatoms. The van der Waals surface area contributed by atoms with Gasteiger partial charge in [0, 0.05) is 7.11 Å². The average Bonchev–Trinajstić information content (AvgIpc) is 2.07. The van der Waals surface area contributed by atoms with Crippen LogP contribution in [0.1, 0.15) is 5.69 Å². The van der Waals surface area contributed by atoms with Gasteiger partial charge in [0.25, 0.3) is 0 Å². The number of hydrogen-bond acceptors (Lipinski definition) is 4. The minimum atomic E-state index is 0.483. The van der Waals surface area contributed by atoms with Crippen molar-refractivity contribution >= 4 is 0 Å². The molecule has 0 aliphatic rings. The van der Waals surface area contributed by atoms with E-state index < -0.39 is 0 Å². The minimum absolute atomic E-state index is 0.483. The predicted octanol–water partition coefficient (Wildman–Crippen LogP) is 0.632. The molecule has 0 saturated heterocycles. The van der Waals surface area contributed by atoms with Crippen molar-refractivity contribution in [3.63, 3.8) is 0 Å². The Morgan fingerprint density at radius 2 is 2.09 bits per heavy atom. The summed E-state index contributed by atoms with van der Waals surface area (Å²) < 4.78 is 9.69. The second kappa shape index (κ2) is 3.88. The Morgan fingerprint density at radius 3 is 2.55 bits per heavy atom. The van der Waals surface area contributed by atoms with Crippen molar-refractivity contribution in [3.05, 3.63) is 18.1 Å². The third kappa shape index (κ3) is 2.16. The van der Waals surface area contributed by atoms with E-state index in [9.17, 15) is 0 Å². The van der Waals surface area contributed by atoms with Crippen molar-refractivity contribution in [1.82, 2.24) is 9.97 Å². The largest absolute Gasteiger partial charge is 0.480 e. The quantitative estimate of drug-likeness (QED) is 0.640. The maximum Gasteiger partial charge on any atom is 0.231 e. The smallest absolute Gasteiger partial charge is 0.231 e. The molecule has 0 N–H and O–H groups in total. The Labute approximate surface area is 65.2 Å². The van der Waals surface area contributed by atoms with Crippen LogP contribution in [0.25, 0.3) is 0 Å². The van der Waals surface area contributed by atoms with Gasteiger partial charge in [-0.15, -0.1) is 0 Å². The van der Waals surface area contributed by atoms with E-state index in [-0.39, 0.29) is 0 Å².